The molecule has 0 saturated carbocycles. The van der Waals surface area contributed by atoms with Gasteiger partial charge < -0.3 is 25.4 Å². The van der Waals surface area contributed by atoms with Gasteiger partial charge in [0, 0.05) is 18.8 Å². The van der Waals surface area contributed by atoms with Gasteiger partial charge in [0.15, 0.2) is 0 Å². The first-order chi connectivity index (χ1) is 12.1. The van der Waals surface area contributed by atoms with Crippen LogP contribution in [-0.4, -0.2) is 39.3 Å². The van der Waals surface area contributed by atoms with Gasteiger partial charge in [-0.3, -0.25) is 4.79 Å². The lowest BCUT2D eigenvalue weighted by atomic mass is 10.1. The van der Waals surface area contributed by atoms with E-state index in [1.54, 1.807) is 25.3 Å². The number of ether oxygens (including phenoxy) is 2. The molecule has 1 amide bonds. The van der Waals surface area contributed by atoms with E-state index < -0.39 is 0 Å². The lowest BCUT2D eigenvalue weighted by Crippen LogP contribution is -2.36. The van der Waals surface area contributed by atoms with Gasteiger partial charge in [-0.1, -0.05) is 12.1 Å². The number of rotatable bonds is 4. The Morgan fingerprint density at radius 1 is 1.24 bits per heavy atom. The molecule has 1 fully saturated rings. The summed E-state index contributed by atoms with van der Waals surface area (Å²) in [6, 6.07) is 10.9. The lowest BCUT2D eigenvalue weighted by Gasteiger charge is -2.30. The third-order valence-electron chi connectivity index (χ3n) is 4.32. The van der Waals surface area contributed by atoms with Gasteiger partial charge in [0.25, 0.3) is 5.91 Å². The van der Waals surface area contributed by atoms with Crippen molar-refractivity contribution in [2.75, 3.05) is 49.4 Å². The fraction of sp³-hybridized carbons (Fsp3) is 0.316. The molecule has 0 unspecified atom stereocenters. The number of aryl methyl sites for hydroxylation is 1. The van der Waals surface area contributed by atoms with Gasteiger partial charge in [0.2, 0.25) is 0 Å². The maximum atomic E-state index is 12.6. The van der Waals surface area contributed by atoms with E-state index in [4.69, 9.17) is 15.2 Å². The zero-order valence-electron chi connectivity index (χ0n) is 14.5. The Labute approximate surface area is 147 Å². The number of nitrogens with one attached hydrogen (secondary N) is 1. The molecule has 0 bridgehead atoms. The van der Waals surface area contributed by atoms with Crippen LogP contribution >= 0.6 is 0 Å². The number of anilines is 3. The molecule has 2 aromatic rings. The van der Waals surface area contributed by atoms with Crippen molar-refractivity contribution in [2.24, 2.45) is 0 Å². The summed E-state index contributed by atoms with van der Waals surface area (Å²) < 4.78 is 10.7. The van der Waals surface area contributed by atoms with Crippen LogP contribution in [0.4, 0.5) is 17.1 Å². The quantitative estimate of drug-likeness (QED) is 0.836. The number of carbonyl (C=O) groups excluding carboxylic acids is 1. The molecule has 3 rings (SSSR count). The number of hydrogen-bond donors (Lipinski definition) is 2. The second kappa shape index (κ2) is 7.44. The first-order valence-electron chi connectivity index (χ1n) is 8.27. The SMILES string of the molecule is COc1ccccc1C(=O)Nc1cc(N2CCOCC2)c(C)cc1N. The minimum Gasteiger partial charge on any atom is -0.496 e. The Hall–Kier alpha value is -2.73. The van der Waals surface area contributed by atoms with Gasteiger partial charge in [-0.2, -0.15) is 0 Å². The molecular weight excluding hydrogens is 318 g/mol. The average molecular weight is 341 g/mol. The molecule has 0 atom stereocenters. The first kappa shape index (κ1) is 17.1. The van der Waals surface area contributed by atoms with Crippen molar-refractivity contribution in [3.8, 4) is 5.75 Å². The highest BCUT2D eigenvalue weighted by Gasteiger charge is 2.17. The fourth-order valence-corrected chi connectivity index (χ4v) is 2.99. The van der Waals surface area contributed by atoms with E-state index in [1.165, 1.54) is 0 Å². The van der Waals surface area contributed by atoms with Gasteiger partial charge in [0.1, 0.15) is 5.75 Å². The van der Waals surface area contributed by atoms with Crippen LogP contribution in [0, 0.1) is 6.92 Å². The number of nitrogens with zero attached hydrogens (tertiary/aromatic N) is 1. The average Bonchev–Trinajstić information content (AvgIpc) is 2.64. The zero-order valence-corrected chi connectivity index (χ0v) is 14.5. The summed E-state index contributed by atoms with van der Waals surface area (Å²) in [4.78, 5) is 14.9. The largest absolute Gasteiger partial charge is 0.496 e. The fourth-order valence-electron chi connectivity index (χ4n) is 2.99. The summed E-state index contributed by atoms with van der Waals surface area (Å²) in [5, 5.41) is 2.91. The van der Waals surface area contributed by atoms with Gasteiger partial charge in [-0.05, 0) is 36.8 Å². The summed E-state index contributed by atoms with van der Waals surface area (Å²) in [5.41, 5.74) is 9.88. The standard InChI is InChI=1S/C19H23N3O3/c1-13-11-15(20)16(12-17(13)22-7-9-25-10-8-22)21-19(23)14-5-3-4-6-18(14)24-2/h3-6,11-12H,7-10,20H2,1-2H3,(H,21,23). The highest BCUT2D eigenvalue weighted by molar-refractivity contribution is 6.07. The molecule has 1 saturated heterocycles. The smallest absolute Gasteiger partial charge is 0.259 e. The molecule has 3 N–H and O–H groups in total. The van der Waals surface area contributed by atoms with E-state index in [0.29, 0.717) is 35.9 Å². The summed E-state index contributed by atoms with van der Waals surface area (Å²) >= 11 is 0. The summed E-state index contributed by atoms with van der Waals surface area (Å²) in [6.07, 6.45) is 0. The Morgan fingerprint density at radius 3 is 2.68 bits per heavy atom. The number of methoxy groups -OCH3 is 1. The van der Waals surface area contributed by atoms with Crippen LogP contribution in [0.25, 0.3) is 0 Å². The van der Waals surface area contributed by atoms with E-state index in [1.807, 2.05) is 25.1 Å². The van der Waals surface area contributed by atoms with E-state index in [0.717, 1.165) is 24.3 Å². The third-order valence-corrected chi connectivity index (χ3v) is 4.32. The number of hydrogen-bond acceptors (Lipinski definition) is 5. The summed E-state index contributed by atoms with van der Waals surface area (Å²) in [7, 11) is 1.54. The highest BCUT2D eigenvalue weighted by atomic mass is 16.5. The van der Waals surface area contributed by atoms with Crippen molar-refractivity contribution in [3.05, 3.63) is 47.5 Å². The van der Waals surface area contributed by atoms with Gasteiger partial charge in [-0.25, -0.2) is 0 Å². The Morgan fingerprint density at radius 2 is 1.96 bits per heavy atom. The number of benzene rings is 2. The van der Waals surface area contributed by atoms with Gasteiger partial charge in [-0.15, -0.1) is 0 Å². The van der Waals surface area contributed by atoms with Crippen LogP contribution in [0.1, 0.15) is 15.9 Å². The molecule has 25 heavy (non-hydrogen) atoms. The summed E-state index contributed by atoms with van der Waals surface area (Å²) in [5.74, 6) is 0.278. The molecule has 6 heteroatoms. The predicted molar refractivity (Wildman–Crippen MR) is 99.6 cm³/mol. The number of para-hydroxylation sites is 1. The van der Waals surface area contributed by atoms with Crippen molar-refractivity contribution < 1.29 is 14.3 Å². The molecule has 0 aromatic heterocycles. The van der Waals surface area contributed by atoms with Crippen LogP contribution in [0.15, 0.2) is 36.4 Å². The van der Waals surface area contributed by atoms with Crippen molar-refractivity contribution in [3.63, 3.8) is 0 Å². The second-order valence-corrected chi connectivity index (χ2v) is 5.98. The van der Waals surface area contributed by atoms with Crippen LogP contribution in [-0.2, 0) is 4.74 Å². The monoisotopic (exact) mass is 341 g/mol. The molecule has 6 nitrogen and oxygen atoms in total. The lowest BCUT2D eigenvalue weighted by molar-refractivity contribution is 0.102. The molecule has 0 spiro atoms. The van der Waals surface area contributed by atoms with E-state index in [9.17, 15) is 4.79 Å². The van der Waals surface area contributed by atoms with Gasteiger partial charge >= 0.3 is 0 Å². The highest BCUT2D eigenvalue weighted by Crippen LogP contribution is 2.31. The van der Waals surface area contributed by atoms with E-state index in [-0.39, 0.29) is 5.91 Å². The zero-order chi connectivity index (χ0) is 17.8. The summed E-state index contributed by atoms with van der Waals surface area (Å²) in [6.45, 7) is 5.07. The Bertz CT molecular complexity index is 771. The van der Waals surface area contributed by atoms with Crippen LogP contribution in [0.2, 0.25) is 0 Å². The van der Waals surface area contributed by atoms with Crippen molar-refractivity contribution in [1.82, 2.24) is 0 Å². The number of nitrogens with two attached hydrogens (primary N) is 1. The number of carbonyl (C=O) groups is 1. The molecule has 1 aliphatic heterocycles. The topological polar surface area (TPSA) is 76.8 Å². The van der Waals surface area contributed by atoms with Crippen LogP contribution in [0.3, 0.4) is 0 Å². The maximum absolute atomic E-state index is 12.6. The molecule has 0 radical (unpaired) electrons. The second-order valence-electron chi connectivity index (χ2n) is 5.98. The third kappa shape index (κ3) is 3.69. The molecular formula is C19H23N3O3. The Kier molecular flexibility index (Phi) is 5.09. The number of amides is 1. The van der Waals surface area contributed by atoms with Crippen molar-refractivity contribution in [2.45, 2.75) is 6.92 Å². The molecule has 1 aliphatic rings. The molecule has 1 heterocycles. The van der Waals surface area contributed by atoms with Gasteiger partial charge in [0.05, 0.1) is 37.3 Å². The predicted octanol–water partition coefficient (Wildman–Crippen LogP) is 2.67. The molecule has 0 aliphatic carbocycles. The van der Waals surface area contributed by atoms with Crippen LogP contribution < -0.4 is 20.7 Å². The first-order valence-corrected chi connectivity index (χ1v) is 8.27. The minimum absolute atomic E-state index is 0.249. The maximum Gasteiger partial charge on any atom is 0.259 e. The van der Waals surface area contributed by atoms with Crippen LogP contribution in [0.5, 0.6) is 5.75 Å². The normalized spacial score (nSPS) is 14.2. The minimum atomic E-state index is -0.249. The Balaban J connectivity index is 1.87. The van der Waals surface area contributed by atoms with Crippen molar-refractivity contribution in [1.29, 1.82) is 0 Å². The number of morpholine rings is 1. The number of nitrogen functional groups attached to an aromatic ring is 1. The molecule has 132 valence electrons. The van der Waals surface area contributed by atoms with E-state index in [2.05, 4.69) is 10.2 Å². The van der Waals surface area contributed by atoms with E-state index >= 15 is 0 Å². The molecule has 2 aromatic carbocycles. The van der Waals surface area contributed by atoms with Crippen molar-refractivity contribution >= 4 is 23.0 Å².